The van der Waals surface area contributed by atoms with E-state index in [-0.39, 0.29) is 11.4 Å². The molecule has 1 saturated heterocycles. The molecule has 1 aromatic rings. The maximum Gasteiger partial charge on any atom is 0.274 e. The van der Waals surface area contributed by atoms with Crippen LogP contribution in [0.4, 0.5) is 4.39 Å². The molecular weight excluding hydrogens is 299 g/mol. The fraction of sp³-hybridized carbons (Fsp3) is 0.588. The molecule has 6 heteroatoms. The van der Waals surface area contributed by atoms with Gasteiger partial charge in [-0.3, -0.25) is 14.9 Å². The van der Waals surface area contributed by atoms with Crippen LogP contribution in [-0.4, -0.2) is 42.3 Å². The van der Waals surface area contributed by atoms with Crippen LogP contribution in [0.3, 0.4) is 0 Å². The van der Waals surface area contributed by atoms with Crippen LogP contribution in [0, 0.1) is 11.7 Å². The van der Waals surface area contributed by atoms with Crippen molar-refractivity contribution in [3.05, 3.63) is 34.6 Å². The average Bonchev–Trinajstić information content (AvgIpc) is 2.52. The molecule has 0 aliphatic carbocycles. The minimum absolute atomic E-state index is 0.167. The molecule has 0 bridgehead atoms. The lowest BCUT2D eigenvalue weighted by Gasteiger charge is -2.30. The molecule has 0 saturated carbocycles. The first-order chi connectivity index (χ1) is 11.2. The third-order valence-corrected chi connectivity index (χ3v) is 4.77. The van der Waals surface area contributed by atoms with Crippen LogP contribution in [0.15, 0.2) is 12.1 Å². The number of hydrogen-bond acceptors (Lipinski definition) is 4. The normalized spacial score (nSPS) is 18.3. The fourth-order valence-electron chi connectivity index (χ4n) is 3.28. The first-order valence-corrected chi connectivity index (χ1v) is 8.23. The SMILES string of the molecule is O=C(NO)c1cc(F)c2c(c1)CCN(CCCCC1COC1)C2. The highest BCUT2D eigenvalue weighted by atomic mass is 19.1. The third-order valence-electron chi connectivity index (χ3n) is 4.77. The number of fused-ring (bicyclic) bond motifs is 1. The number of ether oxygens (including phenoxy) is 1. The van der Waals surface area contributed by atoms with E-state index in [0.717, 1.165) is 50.6 Å². The lowest BCUT2D eigenvalue weighted by Crippen LogP contribution is -2.33. The number of rotatable bonds is 6. The van der Waals surface area contributed by atoms with Crippen molar-refractivity contribution < 1.29 is 19.1 Å². The van der Waals surface area contributed by atoms with Crippen LogP contribution in [0.25, 0.3) is 0 Å². The summed E-state index contributed by atoms with van der Waals surface area (Å²) in [5.41, 5.74) is 3.26. The molecule has 1 amide bonds. The van der Waals surface area contributed by atoms with Crippen LogP contribution in [0.1, 0.15) is 40.7 Å². The number of hydrogen-bond donors (Lipinski definition) is 2. The van der Waals surface area contributed by atoms with Crippen molar-refractivity contribution in [2.45, 2.75) is 32.2 Å². The van der Waals surface area contributed by atoms with Crippen LogP contribution < -0.4 is 5.48 Å². The highest BCUT2D eigenvalue weighted by molar-refractivity contribution is 5.93. The zero-order chi connectivity index (χ0) is 16.2. The van der Waals surface area contributed by atoms with Gasteiger partial charge in [0, 0.05) is 30.1 Å². The summed E-state index contributed by atoms with van der Waals surface area (Å²) in [5, 5.41) is 8.67. The van der Waals surface area contributed by atoms with Crippen molar-refractivity contribution in [1.29, 1.82) is 0 Å². The molecule has 2 heterocycles. The van der Waals surface area contributed by atoms with Gasteiger partial charge in [-0.15, -0.1) is 0 Å². The number of nitrogens with zero attached hydrogens (tertiary/aromatic N) is 1. The lowest BCUT2D eigenvalue weighted by atomic mass is 9.95. The van der Waals surface area contributed by atoms with Gasteiger partial charge in [0.1, 0.15) is 5.82 Å². The number of halogens is 1. The van der Waals surface area contributed by atoms with Gasteiger partial charge < -0.3 is 4.74 Å². The van der Waals surface area contributed by atoms with Crippen molar-refractivity contribution in [2.75, 3.05) is 26.3 Å². The van der Waals surface area contributed by atoms with E-state index in [9.17, 15) is 9.18 Å². The van der Waals surface area contributed by atoms with E-state index >= 15 is 0 Å². The Kier molecular flexibility index (Phi) is 5.25. The molecule has 0 aromatic heterocycles. The Bertz CT molecular complexity index is 575. The Labute approximate surface area is 135 Å². The zero-order valence-electron chi connectivity index (χ0n) is 13.2. The molecule has 3 rings (SSSR count). The average molecular weight is 322 g/mol. The molecule has 2 N–H and O–H groups in total. The fourth-order valence-corrected chi connectivity index (χ4v) is 3.28. The maximum atomic E-state index is 14.2. The molecule has 23 heavy (non-hydrogen) atoms. The smallest absolute Gasteiger partial charge is 0.274 e. The Hall–Kier alpha value is -1.50. The van der Waals surface area contributed by atoms with Gasteiger partial charge in [-0.1, -0.05) is 6.42 Å². The number of nitrogens with one attached hydrogen (secondary N) is 1. The molecule has 0 atom stereocenters. The molecule has 5 nitrogen and oxygen atoms in total. The van der Waals surface area contributed by atoms with Crippen LogP contribution in [0.5, 0.6) is 0 Å². The van der Waals surface area contributed by atoms with E-state index in [4.69, 9.17) is 9.94 Å². The van der Waals surface area contributed by atoms with Crippen LogP contribution in [-0.2, 0) is 17.7 Å². The summed E-state index contributed by atoms with van der Waals surface area (Å²) in [7, 11) is 0. The van der Waals surface area contributed by atoms with E-state index in [1.54, 1.807) is 11.5 Å². The highest BCUT2D eigenvalue weighted by Crippen LogP contribution is 2.24. The Morgan fingerprint density at radius 2 is 2.22 bits per heavy atom. The van der Waals surface area contributed by atoms with Gasteiger partial charge in [-0.05, 0) is 43.5 Å². The van der Waals surface area contributed by atoms with Gasteiger partial charge >= 0.3 is 0 Å². The minimum atomic E-state index is -0.672. The summed E-state index contributed by atoms with van der Waals surface area (Å²) >= 11 is 0. The summed E-state index contributed by atoms with van der Waals surface area (Å²) in [4.78, 5) is 13.7. The van der Waals surface area contributed by atoms with Gasteiger partial charge in [0.15, 0.2) is 0 Å². The largest absolute Gasteiger partial charge is 0.381 e. The summed E-state index contributed by atoms with van der Waals surface area (Å²) in [6.45, 7) is 4.27. The van der Waals surface area contributed by atoms with E-state index in [0.29, 0.717) is 12.1 Å². The molecule has 2 aliphatic rings. The van der Waals surface area contributed by atoms with Crippen molar-refractivity contribution >= 4 is 5.91 Å². The standard InChI is InChI=1S/C17H23FN2O3/c18-16-8-14(17(21)19-22)7-13-4-6-20(9-15(13)16)5-2-1-3-12-10-23-11-12/h7-8,12,22H,1-6,9-11H2,(H,19,21). The Morgan fingerprint density at radius 1 is 1.39 bits per heavy atom. The monoisotopic (exact) mass is 322 g/mol. The number of amides is 1. The van der Waals surface area contributed by atoms with E-state index < -0.39 is 5.91 Å². The van der Waals surface area contributed by atoms with Crippen LogP contribution >= 0.6 is 0 Å². The second-order valence-electron chi connectivity index (χ2n) is 6.46. The van der Waals surface area contributed by atoms with Gasteiger partial charge in [0.2, 0.25) is 0 Å². The molecule has 126 valence electrons. The Balaban J connectivity index is 1.54. The van der Waals surface area contributed by atoms with E-state index in [1.807, 2.05) is 0 Å². The van der Waals surface area contributed by atoms with Crippen molar-refractivity contribution in [3.63, 3.8) is 0 Å². The molecule has 1 aromatic carbocycles. The number of carbonyl (C=O) groups is 1. The summed E-state index contributed by atoms with van der Waals surface area (Å²) < 4.78 is 19.4. The van der Waals surface area contributed by atoms with Gasteiger partial charge in [0.05, 0.1) is 13.2 Å². The van der Waals surface area contributed by atoms with E-state index in [2.05, 4.69) is 4.90 Å². The predicted molar refractivity (Wildman–Crippen MR) is 82.8 cm³/mol. The van der Waals surface area contributed by atoms with Crippen molar-refractivity contribution in [2.24, 2.45) is 5.92 Å². The summed E-state index contributed by atoms with van der Waals surface area (Å²) in [6.07, 6.45) is 4.27. The lowest BCUT2D eigenvalue weighted by molar-refractivity contribution is -0.0366. The number of carbonyl (C=O) groups excluding carboxylic acids is 1. The van der Waals surface area contributed by atoms with Crippen molar-refractivity contribution in [3.8, 4) is 0 Å². The second kappa shape index (κ2) is 7.38. The Morgan fingerprint density at radius 3 is 2.91 bits per heavy atom. The number of benzene rings is 1. The number of unbranched alkanes of at least 4 members (excludes halogenated alkanes) is 1. The molecule has 1 fully saturated rings. The van der Waals surface area contributed by atoms with Gasteiger partial charge in [-0.25, -0.2) is 9.87 Å². The quantitative estimate of drug-likeness (QED) is 0.478. The molecule has 0 spiro atoms. The van der Waals surface area contributed by atoms with Gasteiger partial charge in [0.25, 0.3) is 5.91 Å². The van der Waals surface area contributed by atoms with Crippen LogP contribution in [0.2, 0.25) is 0 Å². The first-order valence-electron chi connectivity index (χ1n) is 8.23. The van der Waals surface area contributed by atoms with Gasteiger partial charge in [-0.2, -0.15) is 0 Å². The second-order valence-corrected chi connectivity index (χ2v) is 6.46. The zero-order valence-corrected chi connectivity index (χ0v) is 13.2. The summed E-state index contributed by atoms with van der Waals surface area (Å²) in [5.74, 6) is -0.294. The summed E-state index contributed by atoms with van der Waals surface area (Å²) in [6, 6.07) is 2.88. The predicted octanol–water partition coefficient (Wildman–Crippen LogP) is 2.12. The number of hydroxylamine groups is 1. The first kappa shape index (κ1) is 16.4. The highest BCUT2D eigenvalue weighted by Gasteiger charge is 2.22. The maximum absolute atomic E-state index is 14.2. The van der Waals surface area contributed by atoms with E-state index in [1.165, 1.54) is 18.9 Å². The molecule has 0 radical (unpaired) electrons. The molecule has 2 aliphatic heterocycles. The topological polar surface area (TPSA) is 61.8 Å². The molecule has 0 unspecified atom stereocenters. The minimum Gasteiger partial charge on any atom is -0.381 e. The molecular formula is C17H23FN2O3. The van der Waals surface area contributed by atoms with Crippen molar-refractivity contribution in [1.82, 2.24) is 10.4 Å². The third kappa shape index (κ3) is 3.88.